The molecule has 4 aromatic rings. The molecule has 2 aliphatic heterocycles. The molecule has 11 heteroatoms. The molecule has 45 heavy (non-hydrogen) atoms. The van der Waals surface area contributed by atoms with E-state index in [9.17, 15) is 14.0 Å². The monoisotopic (exact) mass is 614 g/mol. The molecule has 3 heterocycles. The quantitative estimate of drug-likeness (QED) is 0.351. The number of aryl methyl sites for hydroxylation is 1. The molecule has 10 nitrogen and oxygen atoms in total. The number of oxazole rings is 1. The average Bonchev–Trinajstić information content (AvgIpc) is 3.51. The first-order chi connectivity index (χ1) is 21.9. The van der Waals surface area contributed by atoms with Crippen molar-refractivity contribution in [3.8, 4) is 28.7 Å². The summed E-state index contributed by atoms with van der Waals surface area (Å²) in [5, 5.41) is 5.94. The number of ether oxygens (including phenoxy) is 3. The molecule has 234 valence electrons. The van der Waals surface area contributed by atoms with Crippen molar-refractivity contribution in [1.29, 1.82) is 0 Å². The van der Waals surface area contributed by atoms with Crippen LogP contribution in [0.2, 0.25) is 0 Å². The van der Waals surface area contributed by atoms with Crippen molar-refractivity contribution in [2.24, 2.45) is 0 Å². The Morgan fingerprint density at radius 1 is 1.02 bits per heavy atom. The van der Waals surface area contributed by atoms with Gasteiger partial charge in [0.2, 0.25) is 11.8 Å². The van der Waals surface area contributed by atoms with E-state index in [1.54, 1.807) is 24.5 Å². The molecule has 6 rings (SSSR count). The third-order valence-corrected chi connectivity index (χ3v) is 7.87. The van der Waals surface area contributed by atoms with Crippen LogP contribution in [0.4, 0.5) is 4.39 Å². The van der Waals surface area contributed by atoms with Crippen LogP contribution in [-0.4, -0.2) is 60.7 Å². The van der Waals surface area contributed by atoms with Crippen LogP contribution in [0.1, 0.15) is 29.7 Å². The number of halogens is 1. The zero-order chi connectivity index (χ0) is 31.2. The molecule has 0 unspecified atom stereocenters. The third-order valence-electron chi connectivity index (χ3n) is 7.87. The Morgan fingerprint density at radius 2 is 1.89 bits per heavy atom. The van der Waals surface area contributed by atoms with Crippen LogP contribution in [0.15, 0.2) is 77.4 Å². The molecule has 3 aromatic carbocycles. The van der Waals surface area contributed by atoms with Crippen LogP contribution >= 0.6 is 0 Å². The molecular weight excluding hydrogens is 579 g/mol. The number of hydrogen-bond donors (Lipinski definition) is 2. The van der Waals surface area contributed by atoms with Gasteiger partial charge in [-0.05, 0) is 60.4 Å². The van der Waals surface area contributed by atoms with Crippen molar-refractivity contribution in [3.63, 3.8) is 0 Å². The Balaban J connectivity index is 1.22. The maximum Gasteiger partial charge on any atom is 0.258 e. The summed E-state index contributed by atoms with van der Waals surface area (Å²) in [5.41, 5.74) is 3.10. The van der Waals surface area contributed by atoms with Crippen molar-refractivity contribution in [1.82, 2.24) is 20.5 Å². The molecule has 2 amide bonds. The highest BCUT2D eigenvalue weighted by atomic mass is 19.1. The SMILES string of the molecule is COc1ccc2cc1OCC(=O)N[C@@H]1CN(Cc3coc(-c4ccccc4)n3)CC[C@H]1Oc1cc(F)cc(c1)CNC(=O)CC2. The van der Waals surface area contributed by atoms with E-state index in [0.29, 0.717) is 61.2 Å². The van der Waals surface area contributed by atoms with E-state index in [0.717, 1.165) is 16.8 Å². The fraction of sp³-hybridized carbons (Fsp3) is 0.324. The summed E-state index contributed by atoms with van der Waals surface area (Å²) in [7, 11) is 1.53. The van der Waals surface area contributed by atoms with Crippen molar-refractivity contribution in [2.45, 2.75) is 44.5 Å². The second-order valence-corrected chi connectivity index (χ2v) is 11.2. The van der Waals surface area contributed by atoms with Crippen LogP contribution in [-0.2, 0) is 29.1 Å². The predicted octanol–water partition coefficient (Wildman–Crippen LogP) is 4.27. The average molecular weight is 615 g/mol. The van der Waals surface area contributed by atoms with Gasteiger partial charge in [-0.2, -0.15) is 0 Å². The summed E-state index contributed by atoms with van der Waals surface area (Å²) >= 11 is 0. The maximum absolute atomic E-state index is 14.6. The molecule has 2 aliphatic rings. The molecule has 0 radical (unpaired) electrons. The number of carbonyl (C=O) groups excluding carboxylic acids is 2. The third kappa shape index (κ3) is 7.79. The Labute approximate surface area is 260 Å². The molecule has 0 saturated carbocycles. The minimum absolute atomic E-state index is 0.158. The zero-order valence-electron chi connectivity index (χ0n) is 25.0. The highest BCUT2D eigenvalue weighted by Gasteiger charge is 2.33. The van der Waals surface area contributed by atoms with Crippen molar-refractivity contribution in [3.05, 3.63) is 95.6 Å². The molecule has 1 fully saturated rings. The van der Waals surface area contributed by atoms with Crippen LogP contribution in [0.25, 0.3) is 11.5 Å². The Kier molecular flexibility index (Phi) is 9.25. The number of nitrogens with zero attached hydrogens (tertiary/aromatic N) is 2. The number of nitrogens with one attached hydrogen (secondary N) is 2. The van der Waals surface area contributed by atoms with Crippen LogP contribution < -0.4 is 24.8 Å². The predicted molar refractivity (Wildman–Crippen MR) is 163 cm³/mol. The normalized spacial score (nSPS) is 19.5. The Hall–Kier alpha value is -4.90. The van der Waals surface area contributed by atoms with Gasteiger partial charge in [0.05, 0.1) is 18.8 Å². The molecule has 4 bridgehead atoms. The first kappa shape index (κ1) is 30.1. The Morgan fingerprint density at radius 3 is 2.73 bits per heavy atom. The molecule has 0 aliphatic carbocycles. The summed E-state index contributed by atoms with van der Waals surface area (Å²) in [5.74, 6) is 0.797. The number of methoxy groups -OCH3 is 1. The smallest absolute Gasteiger partial charge is 0.258 e. The fourth-order valence-electron chi connectivity index (χ4n) is 5.64. The van der Waals surface area contributed by atoms with Gasteiger partial charge in [0.1, 0.15) is 23.9 Å². The van der Waals surface area contributed by atoms with Gasteiger partial charge in [0.25, 0.3) is 5.91 Å². The summed E-state index contributed by atoms with van der Waals surface area (Å²) in [4.78, 5) is 32.6. The number of piperidine rings is 1. The van der Waals surface area contributed by atoms with E-state index in [2.05, 4.69) is 20.5 Å². The second-order valence-electron chi connectivity index (χ2n) is 11.2. The lowest BCUT2D eigenvalue weighted by Crippen LogP contribution is -2.57. The highest BCUT2D eigenvalue weighted by Crippen LogP contribution is 2.29. The number of hydrogen-bond acceptors (Lipinski definition) is 8. The van der Waals surface area contributed by atoms with Gasteiger partial charge in [-0.15, -0.1) is 0 Å². The number of carbonyl (C=O) groups is 2. The topological polar surface area (TPSA) is 115 Å². The fourth-order valence-corrected chi connectivity index (χ4v) is 5.64. The number of amides is 2. The summed E-state index contributed by atoms with van der Waals surface area (Å²) < 4.78 is 38.0. The molecule has 0 spiro atoms. The number of benzene rings is 3. The molecule has 1 saturated heterocycles. The first-order valence-corrected chi connectivity index (χ1v) is 15.0. The van der Waals surface area contributed by atoms with Crippen molar-refractivity contribution < 1.29 is 32.6 Å². The molecule has 1 aromatic heterocycles. The van der Waals surface area contributed by atoms with Crippen molar-refractivity contribution >= 4 is 11.8 Å². The standard InChI is InChI=1S/C34H35FN4O6/c1-42-30-9-7-22-8-10-32(40)36-17-23-13-25(35)16-27(14-23)45-29-11-12-39(19-28(29)38-33(41)21-43-31(30)15-22)18-26-20-44-34(37-26)24-5-3-2-4-6-24/h2-7,9,13-16,20,28-29H,8,10-12,17-19,21H2,1H3,(H,36,40)(H,38,41)/t28-,29-/m1/s1. The maximum atomic E-state index is 14.6. The van der Waals surface area contributed by atoms with Gasteiger partial charge >= 0.3 is 0 Å². The number of aromatic nitrogens is 1. The van der Waals surface area contributed by atoms with E-state index < -0.39 is 18.0 Å². The van der Waals surface area contributed by atoms with E-state index in [1.807, 2.05) is 36.4 Å². The van der Waals surface area contributed by atoms with Gasteiger partial charge < -0.3 is 29.3 Å². The van der Waals surface area contributed by atoms with Gasteiger partial charge in [0.15, 0.2) is 18.1 Å². The minimum Gasteiger partial charge on any atom is -0.493 e. The first-order valence-electron chi connectivity index (χ1n) is 15.0. The van der Waals surface area contributed by atoms with Crippen molar-refractivity contribution in [2.75, 3.05) is 26.8 Å². The lowest BCUT2D eigenvalue weighted by atomic mass is 10.0. The summed E-state index contributed by atoms with van der Waals surface area (Å²) in [6.07, 6.45) is 2.45. The van der Waals surface area contributed by atoms with Crippen LogP contribution in [0.5, 0.6) is 17.2 Å². The molecule has 2 N–H and O–H groups in total. The van der Waals surface area contributed by atoms with Gasteiger partial charge in [-0.3, -0.25) is 14.5 Å². The highest BCUT2D eigenvalue weighted by molar-refractivity contribution is 5.78. The van der Waals surface area contributed by atoms with E-state index in [4.69, 9.17) is 18.6 Å². The lowest BCUT2D eigenvalue weighted by molar-refractivity contribution is -0.125. The van der Waals surface area contributed by atoms with E-state index in [1.165, 1.54) is 19.2 Å². The van der Waals surface area contributed by atoms with E-state index >= 15 is 0 Å². The van der Waals surface area contributed by atoms with Crippen LogP contribution in [0.3, 0.4) is 0 Å². The number of rotatable bonds is 4. The number of fused-ring (bicyclic) bond motifs is 5. The van der Waals surface area contributed by atoms with Crippen LogP contribution in [0, 0.1) is 5.82 Å². The van der Waals surface area contributed by atoms with Gasteiger partial charge in [-0.25, -0.2) is 9.37 Å². The summed E-state index contributed by atoms with van der Waals surface area (Å²) in [6.45, 7) is 1.53. The lowest BCUT2D eigenvalue weighted by Gasteiger charge is -2.38. The number of likely N-dealkylation sites (tertiary alicyclic amines) is 1. The molecule has 2 atom stereocenters. The van der Waals surface area contributed by atoms with E-state index in [-0.39, 0.29) is 31.4 Å². The zero-order valence-corrected chi connectivity index (χ0v) is 25.0. The second kappa shape index (κ2) is 13.8. The van der Waals surface area contributed by atoms with Gasteiger partial charge in [0, 0.05) is 44.2 Å². The van der Waals surface area contributed by atoms with Gasteiger partial charge in [-0.1, -0.05) is 24.3 Å². The Bertz CT molecular complexity index is 1640. The summed E-state index contributed by atoms with van der Waals surface area (Å²) in [6, 6.07) is 19.0. The molecular formula is C34H35FN4O6. The minimum atomic E-state index is -0.469. The largest absolute Gasteiger partial charge is 0.493 e.